The minimum atomic E-state index is -3.93. The number of nitrogens with zero attached hydrogens (tertiary/aromatic N) is 2. The summed E-state index contributed by atoms with van der Waals surface area (Å²) in [4.78, 5) is 29.5. The van der Waals surface area contributed by atoms with Gasteiger partial charge in [-0.1, -0.05) is 23.7 Å². The van der Waals surface area contributed by atoms with Crippen LogP contribution in [-0.4, -0.2) is 73.0 Å². The molecule has 0 aliphatic carbocycles. The molecule has 4 atom stereocenters. The van der Waals surface area contributed by atoms with Crippen LogP contribution >= 0.6 is 11.6 Å². The second kappa shape index (κ2) is 9.11. The van der Waals surface area contributed by atoms with Gasteiger partial charge in [-0.2, -0.15) is 4.72 Å². The van der Waals surface area contributed by atoms with Crippen molar-refractivity contribution in [3.05, 3.63) is 41.4 Å². The van der Waals surface area contributed by atoms with Gasteiger partial charge in [-0.05, 0) is 67.1 Å². The van der Waals surface area contributed by atoms with E-state index in [2.05, 4.69) is 4.72 Å². The molecule has 8 nitrogen and oxygen atoms in total. The Kier molecular flexibility index (Phi) is 6.31. The molecule has 0 radical (unpaired) electrons. The van der Waals surface area contributed by atoms with E-state index in [1.165, 1.54) is 11.0 Å². The van der Waals surface area contributed by atoms with Crippen molar-refractivity contribution in [1.29, 1.82) is 0 Å². The van der Waals surface area contributed by atoms with Gasteiger partial charge in [0.1, 0.15) is 6.04 Å². The molecule has 3 unspecified atom stereocenters. The van der Waals surface area contributed by atoms with E-state index in [9.17, 15) is 23.1 Å². The van der Waals surface area contributed by atoms with Crippen LogP contribution in [-0.2, 0) is 19.6 Å². The minimum Gasteiger partial charge on any atom is -0.396 e. The van der Waals surface area contributed by atoms with E-state index in [0.717, 1.165) is 30.0 Å². The quantitative estimate of drug-likeness (QED) is 0.625. The van der Waals surface area contributed by atoms with Gasteiger partial charge in [0.05, 0.1) is 11.4 Å². The molecule has 2 aromatic carbocycles. The number of hydrogen-bond acceptors (Lipinski definition) is 5. The Labute approximate surface area is 203 Å². The summed E-state index contributed by atoms with van der Waals surface area (Å²) in [5, 5.41) is 11.7. The van der Waals surface area contributed by atoms with E-state index >= 15 is 0 Å². The van der Waals surface area contributed by atoms with Gasteiger partial charge in [-0.15, -0.1) is 0 Å². The summed E-state index contributed by atoms with van der Waals surface area (Å²) < 4.78 is 28.7. The van der Waals surface area contributed by atoms with Gasteiger partial charge in [0.15, 0.2) is 0 Å². The molecular formula is C24H28ClN3O5S. The number of aliphatic hydroxyl groups excluding tert-OH is 1. The number of fused-ring (bicyclic) bond motifs is 3. The maximum absolute atomic E-state index is 13.1. The van der Waals surface area contributed by atoms with Crippen LogP contribution in [0.15, 0.2) is 41.3 Å². The molecule has 5 rings (SSSR count). The van der Waals surface area contributed by atoms with Crippen molar-refractivity contribution < 1.29 is 23.1 Å². The highest BCUT2D eigenvalue weighted by Crippen LogP contribution is 2.41. The van der Waals surface area contributed by atoms with Crippen LogP contribution in [0.1, 0.15) is 32.1 Å². The fraction of sp³-hybridized carbons (Fsp3) is 0.500. The van der Waals surface area contributed by atoms with E-state index in [4.69, 9.17) is 11.6 Å². The predicted molar refractivity (Wildman–Crippen MR) is 128 cm³/mol. The van der Waals surface area contributed by atoms with Crippen LogP contribution in [0.3, 0.4) is 0 Å². The molecule has 10 heteroatoms. The summed E-state index contributed by atoms with van der Waals surface area (Å²) in [6.07, 6.45) is 3.61. The highest BCUT2D eigenvalue weighted by molar-refractivity contribution is 7.89. The second-order valence-corrected chi connectivity index (χ2v) is 11.7. The zero-order valence-electron chi connectivity index (χ0n) is 18.7. The van der Waals surface area contributed by atoms with Crippen LogP contribution in [0.25, 0.3) is 10.8 Å². The smallest absolute Gasteiger partial charge is 0.242 e. The average molecular weight is 506 g/mol. The number of carbonyl (C=O) groups is 2. The molecule has 3 saturated heterocycles. The van der Waals surface area contributed by atoms with Gasteiger partial charge in [-0.25, -0.2) is 8.42 Å². The molecule has 182 valence electrons. The number of carbonyl (C=O) groups excluding carboxylic acids is 2. The van der Waals surface area contributed by atoms with Gasteiger partial charge in [0.2, 0.25) is 21.8 Å². The van der Waals surface area contributed by atoms with Gasteiger partial charge >= 0.3 is 0 Å². The topological polar surface area (TPSA) is 107 Å². The van der Waals surface area contributed by atoms with Crippen molar-refractivity contribution in [2.24, 2.45) is 5.92 Å². The summed E-state index contributed by atoms with van der Waals surface area (Å²) >= 11 is 6.01. The molecule has 2 aromatic rings. The molecule has 34 heavy (non-hydrogen) atoms. The molecule has 3 aliphatic heterocycles. The first-order valence-corrected chi connectivity index (χ1v) is 13.6. The predicted octanol–water partition coefficient (Wildman–Crippen LogP) is 2.13. The molecular weight excluding hydrogens is 478 g/mol. The van der Waals surface area contributed by atoms with Gasteiger partial charge in [0, 0.05) is 36.2 Å². The fourth-order valence-electron chi connectivity index (χ4n) is 5.77. The van der Waals surface area contributed by atoms with Crippen LogP contribution in [0, 0.1) is 5.92 Å². The molecule has 3 heterocycles. The summed E-state index contributed by atoms with van der Waals surface area (Å²) in [6, 6.07) is 9.22. The monoisotopic (exact) mass is 505 g/mol. The summed E-state index contributed by atoms with van der Waals surface area (Å²) in [5.41, 5.74) is 0. The van der Waals surface area contributed by atoms with Gasteiger partial charge < -0.3 is 14.9 Å². The van der Waals surface area contributed by atoms with E-state index in [1.54, 1.807) is 30.3 Å². The average Bonchev–Trinajstić information content (AvgIpc) is 3.39. The SMILES string of the molecule is O=C1[C@@H](NS(=O)(=O)c2ccc3cc(Cl)ccc3c2)CCCN1CC(=O)N1C2CCC1C(CO)C2. The molecule has 0 spiro atoms. The lowest BCUT2D eigenvalue weighted by Gasteiger charge is -2.34. The molecule has 2 N–H and O–H groups in total. The Bertz CT molecular complexity index is 1240. The lowest BCUT2D eigenvalue weighted by Crippen LogP contribution is -2.55. The number of nitrogens with one attached hydrogen (secondary N) is 1. The third-order valence-corrected chi connectivity index (χ3v) is 9.13. The number of likely N-dealkylation sites (tertiary alicyclic amines) is 1. The number of amides is 2. The van der Waals surface area contributed by atoms with E-state index < -0.39 is 16.1 Å². The molecule has 2 bridgehead atoms. The van der Waals surface area contributed by atoms with Crippen molar-refractivity contribution in [3.63, 3.8) is 0 Å². The van der Waals surface area contributed by atoms with E-state index in [0.29, 0.717) is 24.4 Å². The zero-order valence-corrected chi connectivity index (χ0v) is 20.3. The van der Waals surface area contributed by atoms with Gasteiger partial charge in [-0.3, -0.25) is 9.59 Å². The first kappa shape index (κ1) is 23.5. The standard InChI is InChI=1S/C24H28ClN3O5S/c25-18-5-3-16-12-20(7-4-15(16)10-18)34(32,33)26-21-2-1-9-27(24(21)31)13-23(30)28-19-6-8-22(28)17(11-19)14-29/h3-5,7,10,12,17,19,21-22,26,29H,1-2,6,8-9,11,13-14H2/t17?,19?,21-,22?/m0/s1. The lowest BCUT2D eigenvalue weighted by molar-refractivity contribution is -0.143. The Morgan fingerprint density at radius 2 is 1.88 bits per heavy atom. The summed E-state index contributed by atoms with van der Waals surface area (Å²) in [7, 11) is -3.93. The van der Waals surface area contributed by atoms with Crippen LogP contribution in [0.2, 0.25) is 5.02 Å². The van der Waals surface area contributed by atoms with Crippen LogP contribution in [0.5, 0.6) is 0 Å². The third kappa shape index (κ3) is 4.30. The third-order valence-electron chi connectivity index (χ3n) is 7.43. The Hall–Kier alpha value is -2.20. The van der Waals surface area contributed by atoms with Crippen LogP contribution < -0.4 is 4.72 Å². The number of benzene rings is 2. The van der Waals surface area contributed by atoms with E-state index in [1.807, 2.05) is 4.90 Å². The highest BCUT2D eigenvalue weighted by Gasteiger charge is 2.48. The first-order valence-electron chi connectivity index (χ1n) is 11.7. The summed E-state index contributed by atoms with van der Waals surface area (Å²) in [5.74, 6) is -0.383. The Morgan fingerprint density at radius 3 is 2.65 bits per heavy atom. The number of piperidine rings is 1. The normalized spacial score (nSPS) is 27.1. The maximum atomic E-state index is 13.1. The summed E-state index contributed by atoms with van der Waals surface area (Å²) in [6.45, 7) is 0.435. The minimum absolute atomic E-state index is 0.0412. The van der Waals surface area contributed by atoms with Crippen molar-refractivity contribution >= 4 is 44.2 Å². The fourth-order valence-corrected chi connectivity index (χ4v) is 7.21. The van der Waals surface area contributed by atoms with Crippen molar-refractivity contribution in [3.8, 4) is 0 Å². The molecule has 3 aliphatic rings. The van der Waals surface area contributed by atoms with Crippen molar-refractivity contribution in [1.82, 2.24) is 14.5 Å². The number of aliphatic hydroxyl groups is 1. The molecule has 0 aromatic heterocycles. The highest BCUT2D eigenvalue weighted by atomic mass is 35.5. The molecule has 0 saturated carbocycles. The van der Waals surface area contributed by atoms with Crippen LogP contribution in [0.4, 0.5) is 0 Å². The largest absolute Gasteiger partial charge is 0.396 e. The number of hydrogen-bond donors (Lipinski definition) is 2. The van der Waals surface area contributed by atoms with Gasteiger partial charge in [0.25, 0.3) is 0 Å². The zero-order chi connectivity index (χ0) is 24.0. The van der Waals surface area contributed by atoms with Crippen molar-refractivity contribution in [2.45, 2.75) is 55.1 Å². The number of halogens is 1. The number of sulfonamides is 1. The van der Waals surface area contributed by atoms with Crippen molar-refractivity contribution in [2.75, 3.05) is 19.7 Å². The second-order valence-electron chi connectivity index (χ2n) is 9.51. The maximum Gasteiger partial charge on any atom is 0.242 e. The Morgan fingerprint density at radius 1 is 1.12 bits per heavy atom. The molecule has 2 amide bonds. The Balaban J connectivity index is 1.27. The van der Waals surface area contributed by atoms with E-state index in [-0.39, 0.29) is 47.9 Å². The lowest BCUT2D eigenvalue weighted by atomic mass is 9.90. The first-order chi connectivity index (χ1) is 16.3. The molecule has 3 fully saturated rings. The number of rotatable bonds is 6.